The Morgan fingerprint density at radius 2 is 1.83 bits per heavy atom. The summed E-state index contributed by atoms with van der Waals surface area (Å²) in [7, 11) is 1.64. The van der Waals surface area contributed by atoms with Gasteiger partial charge in [0.25, 0.3) is 0 Å². The van der Waals surface area contributed by atoms with Gasteiger partial charge in [-0.3, -0.25) is 14.5 Å². The highest BCUT2D eigenvalue weighted by Gasteiger charge is 2.67. The topological polar surface area (TPSA) is 68.3 Å². The maximum absolute atomic E-state index is 14.3. The molecule has 3 aromatic carbocycles. The minimum atomic E-state index is -0.355. The number of methoxy groups -OCH3 is 1. The van der Waals surface area contributed by atoms with Crippen LogP contribution in [0.25, 0.3) is 0 Å². The van der Waals surface area contributed by atoms with Crippen LogP contribution < -0.4 is 14.2 Å². The molecular weight excluding hydrogens is 647 g/mol. The first-order valence-electron chi connectivity index (χ1n) is 17.2. The van der Waals surface area contributed by atoms with Crippen LogP contribution in [0.1, 0.15) is 62.3 Å². The van der Waals surface area contributed by atoms with Crippen molar-refractivity contribution in [1.82, 2.24) is 9.80 Å². The summed E-state index contributed by atoms with van der Waals surface area (Å²) in [6, 6.07) is 18.0. The van der Waals surface area contributed by atoms with E-state index in [1.165, 1.54) is 12.5 Å². The zero-order valence-electron chi connectivity index (χ0n) is 28.1. The van der Waals surface area contributed by atoms with Crippen LogP contribution in [-0.4, -0.2) is 66.6 Å². The number of esters is 1. The first kappa shape index (κ1) is 33.2. The molecule has 7 rings (SSSR count). The van der Waals surface area contributed by atoms with Gasteiger partial charge in [-0.1, -0.05) is 73.4 Å². The molecule has 0 aromatic heterocycles. The zero-order chi connectivity index (χ0) is 33.7. The molecule has 9 heteroatoms. The van der Waals surface area contributed by atoms with Gasteiger partial charge in [0.15, 0.2) is 11.5 Å². The molecule has 1 saturated heterocycles. The molecule has 1 amide bonds. The Bertz CT molecular complexity index is 1710. The number of piperidine rings is 1. The number of ether oxygens (including phenoxy) is 3. The van der Waals surface area contributed by atoms with E-state index in [0.717, 1.165) is 67.6 Å². The molecule has 5 atom stereocenters. The highest BCUT2D eigenvalue weighted by Crippen LogP contribution is 2.66. The first-order valence-corrected chi connectivity index (χ1v) is 18.0. The molecule has 1 spiro atoms. The standard InChI is InChI=1S/C39H44Cl2N2O5/c1-23(2)22-43(35(45)19-26-10-12-29(40)30(41)18-26)31-13-11-28-32-20-27-33(47-24(3)44)21-34(46-4)37-36(27)39(28,38(31)48-37)15-17-42(32)16-14-25-8-6-5-7-9-25/h5-10,12,18,21,23,28,31-32,38H,11,13-17,19-20,22H2,1-4H3/t28-,31+,32+,38-,39-/m0/s1. The van der Waals surface area contributed by atoms with Gasteiger partial charge in [0.2, 0.25) is 5.91 Å². The number of carbonyl (C=O) groups excluding carboxylic acids is 2. The molecule has 0 N–H and O–H groups in total. The number of rotatable bonds is 10. The molecule has 2 aliphatic heterocycles. The van der Waals surface area contributed by atoms with E-state index in [-0.39, 0.29) is 47.8 Å². The van der Waals surface area contributed by atoms with E-state index in [9.17, 15) is 9.59 Å². The van der Waals surface area contributed by atoms with Crippen LogP contribution in [0.2, 0.25) is 10.0 Å². The molecule has 48 heavy (non-hydrogen) atoms. The van der Waals surface area contributed by atoms with E-state index >= 15 is 0 Å². The van der Waals surface area contributed by atoms with Crippen LogP contribution in [0.4, 0.5) is 0 Å². The van der Waals surface area contributed by atoms with Crippen molar-refractivity contribution < 1.29 is 23.8 Å². The second-order valence-electron chi connectivity index (χ2n) is 14.3. The molecule has 0 unspecified atom stereocenters. The number of likely N-dealkylation sites (tertiary alicyclic amines) is 1. The number of hydrogen-bond donors (Lipinski definition) is 0. The van der Waals surface area contributed by atoms with Crippen molar-refractivity contribution in [3.8, 4) is 17.2 Å². The summed E-state index contributed by atoms with van der Waals surface area (Å²) in [6.07, 6.45) is 4.46. The Hall–Kier alpha value is -3.26. The molecule has 2 heterocycles. The Labute approximate surface area is 293 Å². The van der Waals surface area contributed by atoms with Crippen LogP contribution in [0.15, 0.2) is 54.6 Å². The molecule has 3 aromatic rings. The van der Waals surface area contributed by atoms with Crippen LogP contribution in [-0.2, 0) is 34.3 Å². The highest BCUT2D eigenvalue weighted by atomic mass is 35.5. The third kappa shape index (κ3) is 5.76. The lowest BCUT2D eigenvalue weighted by molar-refractivity contribution is -0.143. The Balaban J connectivity index is 1.29. The third-order valence-corrected chi connectivity index (χ3v) is 11.8. The SMILES string of the molecule is COc1cc(OC(C)=O)c2c3c1O[C@H]1[C@H](N(CC(C)C)C(=O)Cc4ccc(Cl)c(Cl)c4)CC[C@H]4[C@@H](C2)N(CCc2ccccc2)CC[C@@]341. The lowest BCUT2D eigenvalue weighted by atomic mass is 9.50. The summed E-state index contributed by atoms with van der Waals surface area (Å²) < 4.78 is 18.9. The van der Waals surface area contributed by atoms with Crippen molar-refractivity contribution in [2.24, 2.45) is 11.8 Å². The van der Waals surface area contributed by atoms with Gasteiger partial charge < -0.3 is 19.1 Å². The summed E-state index contributed by atoms with van der Waals surface area (Å²) in [6.45, 7) is 8.27. The van der Waals surface area contributed by atoms with Gasteiger partial charge in [0.1, 0.15) is 11.9 Å². The quantitative estimate of drug-likeness (QED) is 0.164. The number of amides is 1. The molecule has 2 bridgehead atoms. The van der Waals surface area contributed by atoms with E-state index in [0.29, 0.717) is 34.0 Å². The van der Waals surface area contributed by atoms with E-state index in [2.05, 4.69) is 54.0 Å². The number of carbonyl (C=O) groups is 2. The van der Waals surface area contributed by atoms with Gasteiger partial charge in [-0.25, -0.2) is 0 Å². The van der Waals surface area contributed by atoms with Crippen LogP contribution in [0.5, 0.6) is 17.2 Å². The molecule has 7 nitrogen and oxygen atoms in total. The van der Waals surface area contributed by atoms with Gasteiger partial charge in [-0.05, 0) is 73.7 Å². The largest absolute Gasteiger partial charge is 0.493 e. The van der Waals surface area contributed by atoms with Gasteiger partial charge in [0.05, 0.1) is 29.6 Å². The highest BCUT2D eigenvalue weighted by molar-refractivity contribution is 6.42. The van der Waals surface area contributed by atoms with Gasteiger partial charge >= 0.3 is 5.97 Å². The van der Waals surface area contributed by atoms with Crippen LogP contribution >= 0.6 is 23.2 Å². The lowest BCUT2D eigenvalue weighted by Crippen LogP contribution is -2.69. The molecule has 0 radical (unpaired) electrons. The molecule has 2 aliphatic carbocycles. The molecule has 2 fully saturated rings. The summed E-state index contributed by atoms with van der Waals surface area (Å²) in [5.41, 5.74) is 4.02. The van der Waals surface area contributed by atoms with E-state index < -0.39 is 0 Å². The van der Waals surface area contributed by atoms with E-state index in [1.54, 1.807) is 19.2 Å². The molecule has 254 valence electrons. The average molecular weight is 692 g/mol. The normalized spacial score (nSPS) is 25.3. The molecular formula is C39H44Cl2N2O5. The summed E-state index contributed by atoms with van der Waals surface area (Å²) in [5.74, 6) is 2.19. The number of benzene rings is 3. The van der Waals surface area contributed by atoms with Crippen molar-refractivity contribution in [3.05, 3.63) is 86.9 Å². The first-order chi connectivity index (χ1) is 23.1. The number of nitrogens with zero attached hydrogens (tertiary/aromatic N) is 2. The maximum atomic E-state index is 14.3. The fourth-order valence-electron chi connectivity index (χ4n) is 9.29. The predicted octanol–water partition coefficient (Wildman–Crippen LogP) is 7.31. The lowest BCUT2D eigenvalue weighted by Gasteiger charge is -2.60. The Kier molecular flexibility index (Phi) is 9.16. The van der Waals surface area contributed by atoms with E-state index in [4.69, 9.17) is 37.4 Å². The minimum absolute atomic E-state index is 0.0574. The van der Waals surface area contributed by atoms with Crippen molar-refractivity contribution >= 4 is 35.1 Å². The van der Waals surface area contributed by atoms with Gasteiger partial charge in [-0.2, -0.15) is 0 Å². The van der Waals surface area contributed by atoms with Crippen LogP contribution in [0.3, 0.4) is 0 Å². The molecule has 4 aliphatic rings. The third-order valence-electron chi connectivity index (χ3n) is 11.1. The summed E-state index contributed by atoms with van der Waals surface area (Å²) in [4.78, 5) is 31.4. The van der Waals surface area contributed by atoms with Gasteiger partial charge in [0, 0.05) is 48.7 Å². The second-order valence-corrected chi connectivity index (χ2v) is 15.2. The Morgan fingerprint density at radius 3 is 2.54 bits per heavy atom. The number of hydrogen-bond acceptors (Lipinski definition) is 6. The number of halogens is 2. The monoisotopic (exact) mass is 690 g/mol. The van der Waals surface area contributed by atoms with Crippen molar-refractivity contribution in [1.29, 1.82) is 0 Å². The summed E-state index contributed by atoms with van der Waals surface area (Å²) in [5, 5.41) is 0.920. The van der Waals surface area contributed by atoms with Crippen molar-refractivity contribution in [3.63, 3.8) is 0 Å². The van der Waals surface area contributed by atoms with Crippen LogP contribution in [0, 0.1) is 11.8 Å². The van der Waals surface area contributed by atoms with E-state index in [1.807, 2.05) is 12.1 Å². The Morgan fingerprint density at radius 1 is 1.04 bits per heavy atom. The fraction of sp³-hybridized carbons (Fsp3) is 0.487. The maximum Gasteiger partial charge on any atom is 0.308 e. The fourth-order valence-corrected chi connectivity index (χ4v) is 9.61. The zero-order valence-corrected chi connectivity index (χ0v) is 29.7. The van der Waals surface area contributed by atoms with Crippen molar-refractivity contribution in [2.75, 3.05) is 26.7 Å². The predicted molar refractivity (Wildman–Crippen MR) is 187 cm³/mol. The average Bonchev–Trinajstić information content (AvgIpc) is 3.40. The van der Waals surface area contributed by atoms with Gasteiger partial charge in [-0.15, -0.1) is 0 Å². The second kappa shape index (κ2) is 13.2. The molecule has 1 saturated carbocycles. The minimum Gasteiger partial charge on any atom is -0.493 e. The summed E-state index contributed by atoms with van der Waals surface area (Å²) >= 11 is 12.5. The smallest absolute Gasteiger partial charge is 0.308 e. The van der Waals surface area contributed by atoms with Crippen molar-refractivity contribution in [2.45, 2.75) is 82.9 Å².